The number of halogens is 1. The van der Waals surface area contributed by atoms with Crippen LogP contribution in [0.4, 0.5) is 0 Å². The molecule has 3 nitrogen and oxygen atoms in total. The van der Waals surface area contributed by atoms with Crippen LogP contribution in [0.1, 0.15) is 31.4 Å². The van der Waals surface area contributed by atoms with Crippen LogP contribution in [0.2, 0.25) is 5.15 Å². The smallest absolute Gasteiger partial charge is 0.141 e. The fourth-order valence-electron chi connectivity index (χ4n) is 2.82. The lowest BCUT2D eigenvalue weighted by Crippen LogP contribution is -2.29. The molecule has 2 aliphatic rings. The number of hydrogen-bond donors (Lipinski definition) is 1. The second-order valence-corrected chi connectivity index (χ2v) is 6.19. The van der Waals surface area contributed by atoms with Crippen LogP contribution in [0.3, 0.4) is 0 Å². The SMILES string of the molecule is Cc1nc(Cl)ccc1O[C@@H](CC1CC1)[C@H]1CCNC1. The zero-order valence-corrected chi connectivity index (χ0v) is 12.1. The van der Waals surface area contributed by atoms with Gasteiger partial charge in [0.05, 0.1) is 5.69 Å². The van der Waals surface area contributed by atoms with Gasteiger partial charge >= 0.3 is 0 Å². The van der Waals surface area contributed by atoms with Gasteiger partial charge in [0.15, 0.2) is 0 Å². The summed E-state index contributed by atoms with van der Waals surface area (Å²) >= 11 is 5.90. The van der Waals surface area contributed by atoms with Gasteiger partial charge in [0.2, 0.25) is 0 Å². The monoisotopic (exact) mass is 280 g/mol. The van der Waals surface area contributed by atoms with Crippen LogP contribution in [0.5, 0.6) is 5.75 Å². The molecule has 1 aliphatic carbocycles. The van der Waals surface area contributed by atoms with Crippen LogP contribution in [-0.2, 0) is 0 Å². The Morgan fingerprint density at radius 1 is 1.42 bits per heavy atom. The lowest BCUT2D eigenvalue weighted by molar-refractivity contribution is 0.126. The molecule has 0 radical (unpaired) electrons. The number of pyridine rings is 1. The molecule has 1 N–H and O–H groups in total. The third-order valence-electron chi connectivity index (χ3n) is 4.17. The zero-order valence-electron chi connectivity index (χ0n) is 11.4. The van der Waals surface area contributed by atoms with Gasteiger partial charge < -0.3 is 10.1 Å². The van der Waals surface area contributed by atoms with E-state index in [1.54, 1.807) is 0 Å². The summed E-state index contributed by atoms with van der Waals surface area (Å²) in [5.74, 6) is 2.41. The molecule has 0 amide bonds. The third kappa shape index (κ3) is 3.40. The topological polar surface area (TPSA) is 34.1 Å². The van der Waals surface area contributed by atoms with Gasteiger partial charge in [-0.15, -0.1) is 0 Å². The highest BCUT2D eigenvalue weighted by Gasteiger charge is 2.33. The van der Waals surface area contributed by atoms with Crippen molar-refractivity contribution in [3.05, 3.63) is 23.0 Å². The van der Waals surface area contributed by atoms with E-state index in [0.717, 1.165) is 30.5 Å². The van der Waals surface area contributed by atoms with Crippen LogP contribution in [0.25, 0.3) is 0 Å². The normalized spacial score (nSPS) is 24.4. The number of rotatable bonds is 5. The standard InChI is InChI=1S/C15H21ClN2O/c1-10-13(4-5-15(16)18-10)19-14(8-11-2-3-11)12-6-7-17-9-12/h4-5,11-12,14,17H,2-3,6-9H2,1H3/t12-,14-/m0/s1. The molecule has 0 aromatic carbocycles. The first kappa shape index (κ1) is 13.2. The Labute approximate surface area is 119 Å². The minimum Gasteiger partial charge on any atom is -0.488 e. The average molecular weight is 281 g/mol. The fourth-order valence-corrected chi connectivity index (χ4v) is 3.01. The van der Waals surface area contributed by atoms with Crippen molar-refractivity contribution in [1.29, 1.82) is 0 Å². The predicted octanol–water partition coefficient (Wildman–Crippen LogP) is 3.20. The molecule has 1 saturated heterocycles. The summed E-state index contributed by atoms with van der Waals surface area (Å²) in [5, 5.41) is 3.97. The summed E-state index contributed by atoms with van der Waals surface area (Å²) in [4.78, 5) is 4.27. The summed E-state index contributed by atoms with van der Waals surface area (Å²) in [6.45, 7) is 4.16. The van der Waals surface area contributed by atoms with Crippen LogP contribution >= 0.6 is 11.6 Å². The van der Waals surface area contributed by atoms with E-state index in [4.69, 9.17) is 16.3 Å². The van der Waals surface area contributed by atoms with Gasteiger partial charge in [-0.25, -0.2) is 4.98 Å². The number of aromatic nitrogens is 1. The van der Waals surface area contributed by atoms with Crippen molar-refractivity contribution in [2.45, 2.75) is 38.7 Å². The number of ether oxygens (including phenoxy) is 1. The second-order valence-electron chi connectivity index (χ2n) is 5.81. The Morgan fingerprint density at radius 2 is 2.26 bits per heavy atom. The summed E-state index contributed by atoms with van der Waals surface area (Å²) in [6.07, 6.45) is 5.48. The number of nitrogens with zero attached hydrogens (tertiary/aromatic N) is 1. The molecule has 1 aliphatic heterocycles. The lowest BCUT2D eigenvalue weighted by atomic mass is 9.96. The highest BCUT2D eigenvalue weighted by Crippen LogP contribution is 2.37. The maximum absolute atomic E-state index is 6.27. The van der Waals surface area contributed by atoms with Crippen molar-refractivity contribution in [3.63, 3.8) is 0 Å². The third-order valence-corrected chi connectivity index (χ3v) is 4.38. The van der Waals surface area contributed by atoms with Crippen molar-refractivity contribution in [3.8, 4) is 5.75 Å². The molecule has 1 aromatic heterocycles. The summed E-state index contributed by atoms with van der Waals surface area (Å²) in [5.41, 5.74) is 0.888. The molecular formula is C15H21ClN2O. The molecule has 2 fully saturated rings. The van der Waals surface area contributed by atoms with Crippen LogP contribution in [0, 0.1) is 18.8 Å². The Kier molecular flexibility index (Phi) is 3.94. The van der Waals surface area contributed by atoms with Crippen molar-refractivity contribution >= 4 is 11.6 Å². The van der Waals surface area contributed by atoms with Gasteiger partial charge in [0, 0.05) is 12.5 Å². The van der Waals surface area contributed by atoms with Crippen molar-refractivity contribution < 1.29 is 4.74 Å². The minimum atomic E-state index is 0.323. The number of aryl methyl sites for hydroxylation is 1. The first-order valence-electron chi connectivity index (χ1n) is 7.23. The maximum atomic E-state index is 6.27. The molecule has 0 unspecified atom stereocenters. The molecule has 2 atom stereocenters. The van der Waals surface area contributed by atoms with E-state index >= 15 is 0 Å². The summed E-state index contributed by atoms with van der Waals surface area (Å²) < 4.78 is 6.27. The summed E-state index contributed by atoms with van der Waals surface area (Å²) in [7, 11) is 0. The Bertz CT molecular complexity index is 442. The highest BCUT2D eigenvalue weighted by molar-refractivity contribution is 6.29. The molecule has 104 valence electrons. The first-order chi connectivity index (χ1) is 9.22. The molecular weight excluding hydrogens is 260 g/mol. The van der Waals surface area contributed by atoms with E-state index < -0.39 is 0 Å². The van der Waals surface area contributed by atoms with Gasteiger partial charge in [-0.1, -0.05) is 24.4 Å². The van der Waals surface area contributed by atoms with Gasteiger partial charge in [-0.3, -0.25) is 0 Å². The largest absolute Gasteiger partial charge is 0.488 e. The molecule has 1 aromatic rings. The van der Waals surface area contributed by atoms with Gasteiger partial charge in [-0.2, -0.15) is 0 Å². The summed E-state index contributed by atoms with van der Waals surface area (Å²) in [6, 6.07) is 3.76. The first-order valence-corrected chi connectivity index (χ1v) is 7.60. The highest BCUT2D eigenvalue weighted by atomic mass is 35.5. The van der Waals surface area contributed by atoms with Crippen LogP contribution < -0.4 is 10.1 Å². The average Bonchev–Trinajstić information content (AvgIpc) is 3.03. The quantitative estimate of drug-likeness (QED) is 0.841. The molecule has 4 heteroatoms. The van der Waals surface area contributed by atoms with E-state index in [2.05, 4.69) is 10.3 Å². The Hall–Kier alpha value is -0.800. The van der Waals surface area contributed by atoms with E-state index in [9.17, 15) is 0 Å². The maximum Gasteiger partial charge on any atom is 0.141 e. The van der Waals surface area contributed by atoms with E-state index in [1.165, 1.54) is 25.7 Å². The van der Waals surface area contributed by atoms with Crippen molar-refractivity contribution in [1.82, 2.24) is 10.3 Å². The van der Waals surface area contributed by atoms with Crippen molar-refractivity contribution in [2.24, 2.45) is 11.8 Å². The van der Waals surface area contributed by atoms with E-state index in [1.807, 2.05) is 19.1 Å². The Balaban J connectivity index is 1.71. The van der Waals surface area contributed by atoms with Crippen LogP contribution in [0.15, 0.2) is 12.1 Å². The number of nitrogens with one attached hydrogen (secondary N) is 1. The van der Waals surface area contributed by atoms with Gasteiger partial charge in [0.25, 0.3) is 0 Å². The molecule has 3 rings (SSSR count). The zero-order chi connectivity index (χ0) is 13.2. The molecule has 19 heavy (non-hydrogen) atoms. The second kappa shape index (κ2) is 5.68. The molecule has 0 bridgehead atoms. The lowest BCUT2D eigenvalue weighted by Gasteiger charge is -2.25. The predicted molar refractivity (Wildman–Crippen MR) is 76.7 cm³/mol. The van der Waals surface area contributed by atoms with Gasteiger partial charge in [-0.05, 0) is 44.4 Å². The fraction of sp³-hybridized carbons (Fsp3) is 0.667. The van der Waals surface area contributed by atoms with E-state index in [-0.39, 0.29) is 0 Å². The minimum absolute atomic E-state index is 0.323. The van der Waals surface area contributed by atoms with Crippen molar-refractivity contribution in [2.75, 3.05) is 13.1 Å². The van der Waals surface area contributed by atoms with Crippen LogP contribution in [-0.4, -0.2) is 24.2 Å². The molecule has 1 saturated carbocycles. The molecule has 2 heterocycles. The van der Waals surface area contributed by atoms with E-state index in [0.29, 0.717) is 17.2 Å². The number of hydrogen-bond acceptors (Lipinski definition) is 3. The molecule has 0 spiro atoms. The van der Waals surface area contributed by atoms with Gasteiger partial charge in [0.1, 0.15) is 17.0 Å². The Morgan fingerprint density at radius 3 is 2.89 bits per heavy atom.